The topological polar surface area (TPSA) is 53.1 Å². The number of hydrogen-bond acceptors (Lipinski definition) is 3. The number of aryl methyl sites for hydroxylation is 1. The first-order chi connectivity index (χ1) is 10.2. The number of aromatic nitrogens is 2. The maximum absolute atomic E-state index is 6.64. The summed E-state index contributed by atoms with van der Waals surface area (Å²) in [5.41, 5.74) is 8.77. The van der Waals surface area contributed by atoms with Crippen LogP contribution in [0.3, 0.4) is 0 Å². The van der Waals surface area contributed by atoms with Crippen molar-refractivity contribution in [3.63, 3.8) is 0 Å². The smallest absolute Gasteiger partial charge is 0.111 e. The van der Waals surface area contributed by atoms with Gasteiger partial charge < -0.3 is 15.0 Å². The standard InChI is InChI=1S/C17H25N3O/c1-2-10-20-15-7-4-3-6-14(15)19-16(20)13-17(18)8-5-11-21-12-9-17/h3-4,6-7H,2,5,8-13,18H2,1H3. The van der Waals surface area contributed by atoms with Crippen LogP contribution in [0.1, 0.15) is 38.4 Å². The molecule has 3 rings (SSSR count). The molecule has 1 aliphatic rings. The summed E-state index contributed by atoms with van der Waals surface area (Å²) in [6, 6.07) is 8.37. The number of imidazole rings is 1. The van der Waals surface area contributed by atoms with Crippen LogP contribution in [0.4, 0.5) is 0 Å². The molecule has 1 atom stereocenters. The van der Waals surface area contributed by atoms with Gasteiger partial charge in [0.1, 0.15) is 5.82 Å². The van der Waals surface area contributed by atoms with Crippen molar-refractivity contribution in [2.24, 2.45) is 5.73 Å². The molecule has 1 aromatic carbocycles. The van der Waals surface area contributed by atoms with Gasteiger partial charge in [-0.05, 0) is 37.8 Å². The molecule has 4 nitrogen and oxygen atoms in total. The van der Waals surface area contributed by atoms with Crippen LogP contribution in [0, 0.1) is 0 Å². The highest BCUT2D eigenvalue weighted by atomic mass is 16.5. The summed E-state index contributed by atoms with van der Waals surface area (Å²) in [5.74, 6) is 1.13. The SMILES string of the molecule is CCCn1c(CC2(N)CCCOCC2)nc2ccccc21. The zero-order valence-electron chi connectivity index (χ0n) is 12.8. The summed E-state index contributed by atoms with van der Waals surface area (Å²) >= 11 is 0. The molecule has 0 aliphatic carbocycles. The van der Waals surface area contributed by atoms with Gasteiger partial charge in [-0.3, -0.25) is 0 Å². The second kappa shape index (κ2) is 6.16. The third kappa shape index (κ3) is 3.11. The first-order valence-electron chi connectivity index (χ1n) is 8.03. The van der Waals surface area contributed by atoms with E-state index in [2.05, 4.69) is 29.7 Å². The van der Waals surface area contributed by atoms with Gasteiger partial charge in [-0.15, -0.1) is 0 Å². The van der Waals surface area contributed by atoms with Crippen LogP contribution in [0.5, 0.6) is 0 Å². The molecule has 2 N–H and O–H groups in total. The van der Waals surface area contributed by atoms with Crippen molar-refractivity contribution in [2.75, 3.05) is 13.2 Å². The number of benzene rings is 1. The van der Waals surface area contributed by atoms with Gasteiger partial charge in [0.05, 0.1) is 11.0 Å². The molecule has 1 aromatic heterocycles. The lowest BCUT2D eigenvalue weighted by Crippen LogP contribution is -2.43. The van der Waals surface area contributed by atoms with Crippen LogP contribution in [-0.2, 0) is 17.7 Å². The molecule has 1 fully saturated rings. The van der Waals surface area contributed by atoms with Crippen molar-refractivity contribution in [1.82, 2.24) is 9.55 Å². The Morgan fingerprint density at radius 2 is 2.14 bits per heavy atom. The van der Waals surface area contributed by atoms with Gasteiger partial charge in [0.2, 0.25) is 0 Å². The summed E-state index contributed by atoms with van der Waals surface area (Å²) in [4.78, 5) is 4.84. The Hall–Kier alpha value is -1.39. The van der Waals surface area contributed by atoms with E-state index in [4.69, 9.17) is 15.5 Å². The average Bonchev–Trinajstić information content (AvgIpc) is 2.66. The highest BCUT2D eigenvalue weighted by Crippen LogP contribution is 2.25. The lowest BCUT2D eigenvalue weighted by atomic mass is 9.88. The van der Waals surface area contributed by atoms with Crippen LogP contribution in [-0.4, -0.2) is 28.3 Å². The third-order valence-corrected chi connectivity index (χ3v) is 4.40. The molecule has 0 radical (unpaired) electrons. The van der Waals surface area contributed by atoms with Crippen LogP contribution in [0.25, 0.3) is 11.0 Å². The van der Waals surface area contributed by atoms with Gasteiger partial charge in [0, 0.05) is 31.7 Å². The number of nitrogens with zero attached hydrogens (tertiary/aromatic N) is 2. The minimum Gasteiger partial charge on any atom is -0.381 e. The molecule has 21 heavy (non-hydrogen) atoms. The molecule has 1 aliphatic heterocycles. The van der Waals surface area contributed by atoms with E-state index < -0.39 is 0 Å². The molecule has 114 valence electrons. The molecule has 0 amide bonds. The fourth-order valence-corrected chi connectivity index (χ4v) is 3.25. The Bertz CT molecular complexity index is 597. The van der Waals surface area contributed by atoms with Gasteiger partial charge in [0.15, 0.2) is 0 Å². The van der Waals surface area contributed by atoms with Gasteiger partial charge in [0.25, 0.3) is 0 Å². The molecule has 2 heterocycles. The molecule has 1 unspecified atom stereocenters. The Morgan fingerprint density at radius 3 is 3.00 bits per heavy atom. The maximum atomic E-state index is 6.64. The van der Waals surface area contributed by atoms with Crippen LogP contribution in [0.15, 0.2) is 24.3 Å². The zero-order valence-corrected chi connectivity index (χ0v) is 12.8. The lowest BCUT2D eigenvalue weighted by molar-refractivity contribution is 0.139. The fraction of sp³-hybridized carbons (Fsp3) is 0.588. The zero-order chi connectivity index (χ0) is 14.7. The predicted molar refractivity (Wildman–Crippen MR) is 85.3 cm³/mol. The first kappa shape index (κ1) is 14.5. The number of para-hydroxylation sites is 2. The Morgan fingerprint density at radius 1 is 1.29 bits per heavy atom. The molecule has 1 saturated heterocycles. The number of ether oxygens (including phenoxy) is 1. The van der Waals surface area contributed by atoms with E-state index in [1.54, 1.807) is 0 Å². The summed E-state index contributed by atoms with van der Waals surface area (Å²) in [7, 11) is 0. The van der Waals surface area contributed by atoms with Gasteiger partial charge in [-0.1, -0.05) is 19.1 Å². The third-order valence-electron chi connectivity index (χ3n) is 4.40. The molecule has 0 bridgehead atoms. The van der Waals surface area contributed by atoms with Crippen molar-refractivity contribution in [3.05, 3.63) is 30.1 Å². The number of hydrogen-bond donors (Lipinski definition) is 1. The molecule has 2 aromatic rings. The number of nitrogens with two attached hydrogens (primary N) is 1. The normalized spacial score (nSPS) is 23.3. The van der Waals surface area contributed by atoms with Crippen molar-refractivity contribution in [1.29, 1.82) is 0 Å². The number of rotatable bonds is 4. The molecule has 0 spiro atoms. The Balaban J connectivity index is 1.93. The van der Waals surface area contributed by atoms with Crippen molar-refractivity contribution < 1.29 is 4.74 Å². The Kier molecular flexibility index (Phi) is 4.27. The minimum atomic E-state index is -0.177. The largest absolute Gasteiger partial charge is 0.381 e. The summed E-state index contributed by atoms with van der Waals surface area (Å²) in [6.07, 6.45) is 4.92. The molecule has 4 heteroatoms. The molecule has 0 saturated carbocycles. The van der Waals surface area contributed by atoms with Crippen LogP contribution < -0.4 is 5.73 Å². The second-order valence-corrected chi connectivity index (χ2v) is 6.17. The minimum absolute atomic E-state index is 0.177. The summed E-state index contributed by atoms with van der Waals surface area (Å²) in [5, 5.41) is 0. The average molecular weight is 287 g/mol. The van der Waals surface area contributed by atoms with E-state index >= 15 is 0 Å². The van der Waals surface area contributed by atoms with E-state index in [0.717, 1.165) is 63.2 Å². The maximum Gasteiger partial charge on any atom is 0.111 e. The van der Waals surface area contributed by atoms with Crippen molar-refractivity contribution in [2.45, 2.75) is 51.1 Å². The molecular formula is C17H25N3O. The lowest BCUT2D eigenvalue weighted by Gasteiger charge is -2.27. The van der Waals surface area contributed by atoms with Gasteiger partial charge in [-0.2, -0.15) is 0 Å². The van der Waals surface area contributed by atoms with E-state index in [-0.39, 0.29) is 5.54 Å². The van der Waals surface area contributed by atoms with Gasteiger partial charge in [-0.25, -0.2) is 4.98 Å². The second-order valence-electron chi connectivity index (χ2n) is 6.17. The van der Waals surface area contributed by atoms with E-state index in [0.29, 0.717) is 0 Å². The highest BCUT2D eigenvalue weighted by molar-refractivity contribution is 5.75. The summed E-state index contributed by atoms with van der Waals surface area (Å²) < 4.78 is 7.90. The predicted octanol–water partition coefficient (Wildman–Crippen LogP) is 2.89. The van der Waals surface area contributed by atoms with Crippen LogP contribution >= 0.6 is 0 Å². The van der Waals surface area contributed by atoms with Crippen LogP contribution in [0.2, 0.25) is 0 Å². The quantitative estimate of drug-likeness (QED) is 0.940. The molecular weight excluding hydrogens is 262 g/mol. The van der Waals surface area contributed by atoms with Crippen molar-refractivity contribution >= 4 is 11.0 Å². The monoisotopic (exact) mass is 287 g/mol. The first-order valence-corrected chi connectivity index (χ1v) is 8.03. The summed E-state index contributed by atoms with van der Waals surface area (Å²) in [6.45, 7) is 4.81. The fourth-order valence-electron chi connectivity index (χ4n) is 3.25. The van der Waals surface area contributed by atoms with Gasteiger partial charge >= 0.3 is 0 Å². The van der Waals surface area contributed by atoms with E-state index in [1.807, 2.05) is 6.07 Å². The van der Waals surface area contributed by atoms with E-state index in [9.17, 15) is 0 Å². The highest BCUT2D eigenvalue weighted by Gasteiger charge is 2.29. The Labute approximate surface area is 126 Å². The van der Waals surface area contributed by atoms with Crippen molar-refractivity contribution in [3.8, 4) is 0 Å². The van der Waals surface area contributed by atoms with E-state index in [1.165, 1.54) is 5.52 Å². The number of fused-ring (bicyclic) bond motifs is 1.